The zero-order valence-corrected chi connectivity index (χ0v) is 53.2. The Morgan fingerprint density at radius 2 is 0.722 bits per heavy atom. The van der Waals surface area contributed by atoms with Gasteiger partial charge in [-0.25, -0.2) is 4.57 Å². The fourth-order valence-electron chi connectivity index (χ4n) is 9.43. The summed E-state index contributed by atoms with van der Waals surface area (Å²) in [7, 11) is 1.45. The molecule has 0 saturated carbocycles. The molecule has 0 radical (unpaired) electrons. The number of quaternary nitrogens is 1. The summed E-state index contributed by atoms with van der Waals surface area (Å²) in [5.74, 6) is -0.840. The maximum absolute atomic E-state index is 12.8. The molecule has 0 aliphatic carbocycles. The molecule has 460 valence electrons. The molecule has 0 rings (SSSR count). The Labute approximate surface area is 489 Å². The molecule has 0 aromatic rings. The Morgan fingerprint density at radius 1 is 0.405 bits per heavy atom. The van der Waals surface area contributed by atoms with Gasteiger partial charge < -0.3 is 18.9 Å². The number of esters is 2. The van der Waals surface area contributed by atoms with Crippen LogP contribution in [-0.2, 0) is 32.7 Å². The molecule has 0 amide bonds. The number of likely N-dealkylation sites (N-methyl/N-ethyl adjacent to an activating group) is 1. The molecular weight excluding hydrogens is 1000 g/mol. The van der Waals surface area contributed by atoms with Crippen LogP contribution >= 0.6 is 7.82 Å². The molecule has 0 aliphatic heterocycles. The van der Waals surface area contributed by atoms with Gasteiger partial charge in [0, 0.05) is 12.8 Å². The van der Waals surface area contributed by atoms with E-state index in [0.717, 1.165) is 70.6 Å². The van der Waals surface area contributed by atoms with Crippen LogP contribution in [0.4, 0.5) is 0 Å². The van der Waals surface area contributed by atoms with E-state index in [0.29, 0.717) is 17.4 Å². The van der Waals surface area contributed by atoms with E-state index in [-0.39, 0.29) is 32.0 Å². The van der Waals surface area contributed by atoms with Crippen LogP contribution in [0.5, 0.6) is 0 Å². The van der Waals surface area contributed by atoms with Crippen LogP contribution in [0.15, 0.2) is 72.9 Å². The number of carbonyl (C=O) groups excluding carboxylic acids is 2. The summed E-state index contributed by atoms with van der Waals surface area (Å²) in [5.41, 5.74) is 0. The van der Waals surface area contributed by atoms with Gasteiger partial charge in [-0.15, -0.1) is 0 Å². The predicted octanol–water partition coefficient (Wildman–Crippen LogP) is 21.2. The van der Waals surface area contributed by atoms with E-state index in [4.69, 9.17) is 18.5 Å². The van der Waals surface area contributed by atoms with Crippen molar-refractivity contribution in [2.75, 3.05) is 47.5 Å². The molecule has 0 bridgehead atoms. The smallest absolute Gasteiger partial charge is 0.462 e. The lowest BCUT2D eigenvalue weighted by Gasteiger charge is -2.24. The summed E-state index contributed by atoms with van der Waals surface area (Å²) in [6.07, 6.45) is 80.2. The molecule has 2 atom stereocenters. The van der Waals surface area contributed by atoms with E-state index < -0.39 is 26.5 Å². The third kappa shape index (κ3) is 64.5. The first kappa shape index (κ1) is 76.5. The van der Waals surface area contributed by atoms with E-state index in [2.05, 4.69) is 86.8 Å². The number of hydrogen-bond acceptors (Lipinski definition) is 7. The largest absolute Gasteiger partial charge is 0.472 e. The molecule has 0 saturated heterocycles. The first-order chi connectivity index (χ1) is 38.5. The minimum absolute atomic E-state index is 0.0211. The van der Waals surface area contributed by atoms with Gasteiger partial charge in [-0.2, -0.15) is 0 Å². The summed E-state index contributed by atoms with van der Waals surface area (Å²) in [4.78, 5) is 35.7. The summed E-state index contributed by atoms with van der Waals surface area (Å²) in [6.45, 7) is 4.30. The normalized spacial score (nSPS) is 13.6. The first-order valence-corrected chi connectivity index (χ1v) is 34.7. The third-order valence-corrected chi connectivity index (χ3v) is 15.5. The van der Waals surface area contributed by atoms with Crippen molar-refractivity contribution in [1.29, 1.82) is 0 Å². The Balaban J connectivity index is 4.03. The van der Waals surface area contributed by atoms with Gasteiger partial charge in [0.25, 0.3) is 0 Å². The number of nitrogens with zero attached hydrogens (tertiary/aromatic N) is 1. The molecule has 0 fully saturated rings. The second-order valence-corrected chi connectivity index (χ2v) is 24.9. The molecule has 0 spiro atoms. The number of hydrogen-bond donors (Lipinski definition) is 1. The quantitative estimate of drug-likeness (QED) is 0.0211. The molecule has 0 aromatic heterocycles. The SMILES string of the molecule is CC/C=C\C/C=C\C/C=C\C/C=C\C/C=C\C/C=C\CCCCC(=O)OC(COC(=O)CCCCCCCCCCCCCCCCCCCCCCCCCCCCCCCCCCCC)COP(=O)(O)OCC[N+](C)(C)C. The Kier molecular flexibility index (Phi) is 58.1. The van der Waals surface area contributed by atoms with Crippen LogP contribution in [-0.4, -0.2) is 74.9 Å². The van der Waals surface area contributed by atoms with Crippen molar-refractivity contribution in [2.24, 2.45) is 0 Å². The van der Waals surface area contributed by atoms with Gasteiger partial charge >= 0.3 is 19.8 Å². The Bertz CT molecular complexity index is 1560. The second-order valence-electron chi connectivity index (χ2n) is 23.5. The number of phosphoric acid groups is 1. The zero-order chi connectivity index (χ0) is 57.7. The van der Waals surface area contributed by atoms with Gasteiger partial charge in [-0.1, -0.05) is 299 Å². The lowest BCUT2D eigenvalue weighted by molar-refractivity contribution is -0.870. The van der Waals surface area contributed by atoms with Crippen LogP contribution in [0.25, 0.3) is 0 Å². The van der Waals surface area contributed by atoms with Crippen molar-refractivity contribution in [3.05, 3.63) is 72.9 Å². The maximum atomic E-state index is 12.8. The Morgan fingerprint density at radius 3 is 1.08 bits per heavy atom. The van der Waals surface area contributed by atoms with Gasteiger partial charge in [0.1, 0.15) is 19.8 Å². The monoisotopic (exact) mass is 1130 g/mol. The van der Waals surface area contributed by atoms with Crippen LogP contribution in [0.1, 0.15) is 303 Å². The predicted molar refractivity (Wildman–Crippen MR) is 339 cm³/mol. The van der Waals surface area contributed by atoms with E-state index in [9.17, 15) is 19.0 Å². The van der Waals surface area contributed by atoms with Gasteiger partial charge in [0.15, 0.2) is 6.10 Å². The van der Waals surface area contributed by atoms with Crippen LogP contribution in [0, 0.1) is 0 Å². The zero-order valence-electron chi connectivity index (χ0n) is 52.4. The van der Waals surface area contributed by atoms with E-state index in [1.54, 1.807) is 0 Å². The molecule has 2 unspecified atom stereocenters. The minimum Gasteiger partial charge on any atom is -0.462 e. The topological polar surface area (TPSA) is 108 Å². The lowest BCUT2D eigenvalue weighted by atomic mass is 10.0. The summed E-state index contributed by atoms with van der Waals surface area (Å²) < 4.78 is 34.6. The molecule has 0 heterocycles. The van der Waals surface area contributed by atoms with Crippen molar-refractivity contribution in [3.8, 4) is 0 Å². The number of unbranched alkanes of at least 4 members (excludes halogenated alkanes) is 35. The lowest BCUT2D eigenvalue weighted by Crippen LogP contribution is -2.37. The first-order valence-electron chi connectivity index (χ1n) is 33.2. The standard InChI is InChI=1S/C69H126NO8P/c1-6-8-10-12-14-16-18-20-22-24-26-28-29-30-31-32-33-34-35-36-37-38-39-40-42-43-45-47-49-51-53-55-57-59-61-68(71)75-65-67(66-77-79(73,74)76-64-63-70(3,4)5)78-69(72)62-60-58-56-54-52-50-48-46-44-41-27-25-23-21-19-17-15-13-11-9-7-2/h9,11,15,17,21,23,27,41,46,48,52,54,67H,6-8,10,12-14,16,18-20,22,24-26,28-40,42-45,47,49-51,53,55-66H2,1-5H3/p+1/b11-9-,17-15-,23-21-,41-27-,48-46-,54-52-. The number of rotatable bonds is 61. The van der Waals surface area contributed by atoms with Crippen molar-refractivity contribution in [2.45, 2.75) is 309 Å². The average molecular weight is 1130 g/mol. The molecular formula is C69H127NO8P+. The van der Waals surface area contributed by atoms with E-state index >= 15 is 0 Å². The molecule has 79 heavy (non-hydrogen) atoms. The van der Waals surface area contributed by atoms with Crippen molar-refractivity contribution in [3.63, 3.8) is 0 Å². The van der Waals surface area contributed by atoms with Crippen molar-refractivity contribution >= 4 is 19.8 Å². The van der Waals surface area contributed by atoms with Crippen molar-refractivity contribution in [1.82, 2.24) is 0 Å². The highest BCUT2D eigenvalue weighted by atomic mass is 31.2. The molecule has 1 N–H and O–H groups in total. The van der Waals surface area contributed by atoms with Gasteiger partial charge in [-0.05, 0) is 64.2 Å². The number of carbonyl (C=O) groups is 2. The highest BCUT2D eigenvalue weighted by Crippen LogP contribution is 2.43. The number of phosphoric ester groups is 1. The molecule has 0 aromatic carbocycles. The van der Waals surface area contributed by atoms with Crippen LogP contribution in [0.3, 0.4) is 0 Å². The second kappa shape index (κ2) is 60.1. The number of allylic oxidation sites excluding steroid dienone is 12. The van der Waals surface area contributed by atoms with Crippen LogP contribution in [0.2, 0.25) is 0 Å². The summed E-state index contributed by atoms with van der Waals surface area (Å²) >= 11 is 0. The average Bonchev–Trinajstić information content (AvgIpc) is 3.41. The minimum atomic E-state index is -4.40. The van der Waals surface area contributed by atoms with E-state index in [1.807, 2.05) is 21.1 Å². The highest BCUT2D eigenvalue weighted by Gasteiger charge is 2.27. The molecule has 10 heteroatoms. The van der Waals surface area contributed by atoms with Crippen LogP contribution < -0.4 is 0 Å². The van der Waals surface area contributed by atoms with Gasteiger partial charge in [0.2, 0.25) is 0 Å². The third-order valence-electron chi connectivity index (χ3n) is 14.5. The highest BCUT2D eigenvalue weighted by molar-refractivity contribution is 7.47. The fraction of sp³-hybridized carbons (Fsp3) is 0.797. The maximum Gasteiger partial charge on any atom is 0.472 e. The number of ether oxygens (including phenoxy) is 2. The fourth-order valence-corrected chi connectivity index (χ4v) is 10.2. The van der Waals surface area contributed by atoms with Crippen molar-refractivity contribution < 1.29 is 42.1 Å². The van der Waals surface area contributed by atoms with Gasteiger partial charge in [-0.3, -0.25) is 18.6 Å². The Hall–Kier alpha value is -2.55. The molecule has 0 aliphatic rings. The van der Waals surface area contributed by atoms with Gasteiger partial charge in [0.05, 0.1) is 27.7 Å². The summed E-state index contributed by atoms with van der Waals surface area (Å²) in [6, 6.07) is 0. The molecule has 9 nitrogen and oxygen atoms in total. The van der Waals surface area contributed by atoms with E-state index in [1.165, 1.54) is 199 Å². The summed E-state index contributed by atoms with van der Waals surface area (Å²) in [5, 5.41) is 0.